The van der Waals surface area contributed by atoms with E-state index in [0.717, 1.165) is 55.7 Å². The molecule has 2 N–H and O–H groups in total. The number of primary amides is 1. The summed E-state index contributed by atoms with van der Waals surface area (Å²) in [5.74, 6) is -0.380. The quantitative estimate of drug-likeness (QED) is 0.923. The molecule has 0 aromatic heterocycles. The van der Waals surface area contributed by atoms with Crippen molar-refractivity contribution in [3.05, 3.63) is 71.3 Å². The van der Waals surface area contributed by atoms with E-state index in [9.17, 15) is 4.79 Å². The molecule has 2 aliphatic rings. The van der Waals surface area contributed by atoms with Crippen LogP contribution in [0, 0.1) is 0 Å². The third kappa shape index (κ3) is 3.48. The molecule has 5 heteroatoms. The summed E-state index contributed by atoms with van der Waals surface area (Å²) in [5.41, 5.74) is 9.10. The standard InChI is InChI=1S/C21H23N3O2/c22-20(25)18-8-4-5-16(13-18)15-24-11-9-21(10-12-24)14-19(23-26-21)17-6-2-1-3-7-17/h1-8,13H,9-12,14-15H2,(H2,22,25). The van der Waals surface area contributed by atoms with Crippen molar-refractivity contribution in [1.29, 1.82) is 0 Å². The highest BCUT2D eigenvalue weighted by Gasteiger charge is 2.42. The number of carbonyl (C=O) groups is 1. The summed E-state index contributed by atoms with van der Waals surface area (Å²) >= 11 is 0. The molecule has 0 saturated carbocycles. The number of hydrogen-bond donors (Lipinski definition) is 1. The van der Waals surface area contributed by atoms with Crippen molar-refractivity contribution in [2.45, 2.75) is 31.4 Å². The molecular weight excluding hydrogens is 326 g/mol. The SMILES string of the molecule is NC(=O)c1cccc(CN2CCC3(CC2)CC(c2ccccc2)=NO3)c1. The molecule has 0 radical (unpaired) electrons. The third-order valence-corrected chi connectivity index (χ3v) is 5.33. The van der Waals surface area contributed by atoms with Gasteiger partial charge >= 0.3 is 0 Å². The molecule has 2 aromatic carbocycles. The Balaban J connectivity index is 1.35. The molecule has 4 rings (SSSR count). The molecule has 0 unspecified atom stereocenters. The van der Waals surface area contributed by atoms with E-state index in [-0.39, 0.29) is 11.5 Å². The summed E-state index contributed by atoms with van der Waals surface area (Å²) in [6.07, 6.45) is 2.80. The van der Waals surface area contributed by atoms with Crippen LogP contribution in [0.15, 0.2) is 59.8 Å². The van der Waals surface area contributed by atoms with E-state index in [1.165, 1.54) is 0 Å². The Hall–Kier alpha value is -2.66. The molecule has 1 saturated heterocycles. The predicted octanol–water partition coefficient (Wildman–Crippen LogP) is 2.94. The Morgan fingerprint density at radius 2 is 1.88 bits per heavy atom. The maximum Gasteiger partial charge on any atom is 0.248 e. The summed E-state index contributed by atoms with van der Waals surface area (Å²) in [5, 5.41) is 4.37. The van der Waals surface area contributed by atoms with Crippen LogP contribution in [0.3, 0.4) is 0 Å². The fourth-order valence-corrected chi connectivity index (χ4v) is 3.77. The van der Waals surface area contributed by atoms with E-state index in [1.54, 1.807) is 6.07 Å². The van der Waals surface area contributed by atoms with Crippen LogP contribution in [0.25, 0.3) is 0 Å². The smallest absolute Gasteiger partial charge is 0.248 e. The highest BCUT2D eigenvalue weighted by molar-refractivity contribution is 6.01. The Bertz CT molecular complexity index is 824. The molecule has 134 valence electrons. The van der Waals surface area contributed by atoms with Gasteiger partial charge in [0, 0.05) is 44.5 Å². The number of piperidine rings is 1. The van der Waals surface area contributed by atoms with Crippen LogP contribution in [0.4, 0.5) is 0 Å². The normalized spacial score (nSPS) is 19.2. The number of amides is 1. The van der Waals surface area contributed by atoms with Gasteiger partial charge in [0.25, 0.3) is 0 Å². The van der Waals surface area contributed by atoms with E-state index >= 15 is 0 Å². The number of oxime groups is 1. The first-order chi connectivity index (χ1) is 12.6. The van der Waals surface area contributed by atoms with Gasteiger partial charge in [-0.1, -0.05) is 47.6 Å². The van der Waals surface area contributed by atoms with Gasteiger partial charge in [-0.25, -0.2) is 0 Å². The van der Waals surface area contributed by atoms with E-state index in [0.29, 0.717) is 5.56 Å². The second kappa shape index (κ2) is 6.92. The van der Waals surface area contributed by atoms with Gasteiger partial charge in [0.2, 0.25) is 5.91 Å². The van der Waals surface area contributed by atoms with Gasteiger partial charge in [0.05, 0.1) is 5.71 Å². The monoisotopic (exact) mass is 349 g/mol. The van der Waals surface area contributed by atoms with Crippen LogP contribution in [-0.4, -0.2) is 35.2 Å². The van der Waals surface area contributed by atoms with Gasteiger partial charge in [-0.3, -0.25) is 9.69 Å². The van der Waals surface area contributed by atoms with Crippen LogP contribution in [0.2, 0.25) is 0 Å². The lowest BCUT2D eigenvalue weighted by Crippen LogP contribution is -2.44. The average Bonchev–Trinajstić information content (AvgIpc) is 3.09. The largest absolute Gasteiger partial charge is 0.388 e. The van der Waals surface area contributed by atoms with Crippen LogP contribution in [0.1, 0.15) is 40.7 Å². The van der Waals surface area contributed by atoms with Gasteiger partial charge in [0.15, 0.2) is 0 Å². The van der Waals surface area contributed by atoms with Gasteiger partial charge in [-0.2, -0.15) is 0 Å². The first kappa shape index (κ1) is 16.8. The van der Waals surface area contributed by atoms with Crippen LogP contribution >= 0.6 is 0 Å². The van der Waals surface area contributed by atoms with Gasteiger partial charge in [-0.05, 0) is 23.3 Å². The van der Waals surface area contributed by atoms with Crippen molar-refractivity contribution in [3.63, 3.8) is 0 Å². The lowest BCUT2D eigenvalue weighted by molar-refractivity contribution is -0.0627. The van der Waals surface area contributed by atoms with Gasteiger partial charge < -0.3 is 10.6 Å². The molecule has 1 spiro atoms. The van der Waals surface area contributed by atoms with Crippen molar-refractivity contribution in [1.82, 2.24) is 4.90 Å². The molecule has 2 aliphatic heterocycles. The fourth-order valence-electron chi connectivity index (χ4n) is 3.77. The maximum absolute atomic E-state index is 11.3. The van der Waals surface area contributed by atoms with Crippen LogP contribution in [-0.2, 0) is 11.4 Å². The number of carbonyl (C=O) groups excluding carboxylic acids is 1. The molecule has 0 bridgehead atoms. The van der Waals surface area contributed by atoms with E-state index in [2.05, 4.69) is 22.2 Å². The Morgan fingerprint density at radius 3 is 2.62 bits per heavy atom. The minimum absolute atomic E-state index is 0.156. The fraction of sp³-hybridized carbons (Fsp3) is 0.333. The molecule has 0 atom stereocenters. The molecule has 2 aromatic rings. The topological polar surface area (TPSA) is 67.9 Å². The summed E-state index contributed by atoms with van der Waals surface area (Å²) in [7, 11) is 0. The zero-order valence-corrected chi connectivity index (χ0v) is 14.7. The van der Waals surface area contributed by atoms with E-state index < -0.39 is 0 Å². The van der Waals surface area contributed by atoms with Crippen molar-refractivity contribution in [3.8, 4) is 0 Å². The van der Waals surface area contributed by atoms with Crippen molar-refractivity contribution >= 4 is 11.6 Å². The Labute approximate surface area is 153 Å². The zero-order valence-electron chi connectivity index (χ0n) is 14.7. The molecule has 1 fully saturated rings. The second-order valence-electron chi connectivity index (χ2n) is 7.20. The molecule has 2 heterocycles. The number of hydrogen-bond acceptors (Lipinski definition) is 4. The summed E-state index contributed by atoms with van der Waals surface area (Å²) in [6.45, 7) is 2.74. The first-order valence-corrected chi connectivity index (χ1v) is 9.05. The molecule has 0 aliphatic carbocycles. The Kier molecular flexibility index (Phi) is 4.47. The Morgan fingerprint density at radius 1 is 1.12 bits per heavy atom. The first-order valence-electron chi connectivity index (χ1n) is 9.05. The number of likely N-dealkylation sites (tertiary alicyclic amines) is 1. The van der Waals surface area contributed by atoms with Gasteiger partial charge in [0.1, 0.15) is 5.60 Å². The van der Waals surface area contributed by atoms with Crippen molar-refractivity contribution in [2.24, 2.45) is 10.9 Å². The summed E-state index contributed by atoms with van der Waals surface area (Å²) < 4.78 is 0. The van der Waals surface area contributed by atoms with E-state index in [4.69, 9.17) is 10.6 Å². The average molecular weight is 349 g/mol. The van der Waals surface area contributed by atoms with E-state index in [1.807, 2.05) is 36.4 Å². The van der Waals surface area contributed by atoms with Crippen molar-refractivity contribution in [2.75, 3.05) is 13.1 Å². The van der Waals surface area contributed by atoms with Gasteiger partial charge in [-0.15, -0.1) is 0 Å². The number of nitrogens with zero attached hydrogens (tertiary/aromatic N) is 2. The minimum atomic E-state index is -0.380. The maximum atomic E-state index is 11.3. The molecule has 26 heavy (non-hydrogen) atoms. The van der Waals surface area contributed by atoms with Crippen molar-refractivity contribution < 1.29 is 9.63 Å². The lowest BCUT2D eigenvalue weighted by atomic mass is 9.85. The molecular formula is C21H23N3O2. The van der Waals surface area contributed by atoms with Crippen LogP contribution in [0.5, 0.6) is 0 Å². The molecule has 1 amide bonds. The third-order valence-electron chi connectivity index (χ3n) is 5.33. The number of rotatable bonds is 4. The highest BCUT2D eigenvalue weighted by atomic mass is 16.7. The second-order valence-corrected chi connectivity index (χ2v) is 7.20. The minimum Gasteiger partial charge on any atom is -0.388 e. The number of nitrogens with two attached hydrogens (primary N) is 1. The summed E-state index contributed by atoms with van der Waals surface area (Å²) in [6, 6.07) is 17.8. The summed E-state index contributed by atoms with van der Waals surface area (Å²) in [4.78, 5) is 19.6. The molecule has 5 nitrogen and oxygen atoms in total. The lowest BCUT2D eigenvalue weighted by Gasteiger charge is -2.37. The number of benzene rings is 2. The van der Waals surface area contributed by atoms with Crippen LogP contribution < -0.4 is 5.73 Å². The zero-order chi connectivity index (χ0) is 18.0. The highest BCUT2D eigenvalue weighted by Crippen LogP contribution is 2.36. The predicted molar refractivity (Wildman–Crippen MR) is 101 cm³/mol.